The van der Waals surface area contributed by atoms with Gasteiger partial charge in [0.2, 0.25) is 0 Å². The fraction of sp³-hybridized carbons (Fsp3) is 0.200. The normalized spacial score (nSPS) is 17.2. The minimum Gasteiger partial charge on any atom is -0.0988 e. The van der Waals surface area contributed by atoms with Gasteiger partial charge in [-0.25, -0.2) is 0 Å². The first-order valence-corrected chi connectivity index (χ1v) is 1.75. The topological polar surface area (TPSA) is 0 Å². The Kier molecular flexibility index (Phi) is 0.385. The third-order valence-electron chi connectivity index (χ3n) is 0.702. The molecule has 0 amide bonds. The number of hydrogen-bond acceptors (Lipinski definition) is 0. The maximum absolute atomic E-state index is 3.55. The highest BCUT2D eigenvalue weighted by atomic mass is 14.0. The zero-order valence-electron chi connectivity index (χ0n) is 3.07. The summed E-state index contributed by atoms with van der Waals surface area (Å²) >= 11 is 0. The maximum Gasteiger partial charge on any atom is -0.00948 e. The van der Waals surface area contributed by atoms with E-state index in [0.29, 0.717) is 0 Å². The molecule has 0 unspecified atom stereocenters. The van der Waals surface area contributed by atoms with Gasteiger partial charge in [-0.2, -0.15) is 0 Å². The predicted molar refractivity (Wildman–Crippen MR) is 22.9 cm³/mol. The summed E-state index contributed by atoms with van der Waals surface area (Å²) < 4.78 is 0. The van der Waals surface area contributed by atoms with Crippen molar-refractivity contribution in [3.63, 3.8) is 0 Å². The van der Waals surface area contributed by atoms with Crippen molar-refractivity contribution in [1.82, 2.24) is 0 Å². The van der Waals surface area contributed by atoms with Crippen molar-refractivity contribution in [2.45, 2.75) is 6.42 Å². The Morgan fingerprint density at radius 3 is 2.60 bits per heavy atom. The predicted octanol–water partition coefficient (Wildman–Crippen LogP) is 1.50. The molecule has 5 heavy (non-hydrogen) atoms. The molecule has 0 bridgehead atoms. The molecule has 26 valence electrons. The molecule has 1 aliphatic carbocycles. The molecule has 0 aliphatic heterocycles. The van der Waals surface area contributed by atoms with Crippen molar-refractivity contribution in [2.24, 2.45) is 0 Å². The van der Waals surface area contributed by atoms with Crippen molar-refractivity contribution in [3.05, 3.63) is 24.3 Å². The van der Waals surface area contributed by atoms with Gasteiger partial charge in [0.1, 0.15) is 0 Å². The van der Waals surface area contributed by atoms with Gasteiger partial charge in [-0.1, -0.05) is 18.7 Å². The summed E-state index contributed by atoms with van der Waals surface area (Å²) in [5.74, 6) is 0. The van der Waals surface area contributed by atoms with Crippen LogP contribution in [0, 0.1) is 0 Å². The lowest BCUT2D eigenvalue weighted by Crippen LogP contribution is -1.36. The Bertz CT molecular complexity index is 75.3. The second-order valence-electron chi connectivity index (χ2n) is 1.19. The van der Waals surface area contributed by atoms with E-state index in [0.717, 1.165) is 0 Å². The van der Waals surface area contributed by atoms with Crippen LogP contribution in [0.4, 0.5) is 0 Å². The average molecular weight is 66.1 g/mol. The first-order valence-electron chi connectivity index (χ1n) is 1.75. The van der Waals surface area contributed by atoms with E-state index in [1.807, 2.05) is 6.08 Å². The molecule has 0 aromatic carbocycles. The summed E-state index contributed by atoms with van der Waals surface area (Å²) in [6.45, 7) is 3.55. The van der Waals surface area contributed by atoms with Gasteiger partial charge in [-0.15, -0.1) is 0 Å². The van der Waals surface area contributed by atoms with Crippen molar-refractivity contribution in [1.29, 1.82) is 0 Å². The van der Waals surface area contributed by atoms with Crippen LogP contribution >= 0.6 is 0 Å². The molecule has 0 heterocycles. The Labute approximate surface area is 31.8 Å². The second kappa shape index (κ2) is 0.713. The highest BCUT2D eigenvalue weighted by Crippen LogP contribution is 2.17. The summed E-state index contributed by atoms with van der Waals surface area (Å²) in [6.07, 6.45) is 5.22. The summed E-state index contributed by atoms with van der Waals surface area (Å²) in [4.78, 5) is 0. The molecule has 0 saturated heterocycles. The van der Waals surface area contributed by atoms with Crippen molar-refractivity contribution >= 4 is 0 Å². The molecular weight excluding hydrogens is 60.1 g/mol. The van der Waals surface area contributed by atoms with Gasteiger partial charge < -0.3 is 0 Å². The lowest BCUT2D eigenvalue weighted by molar-refractivity contribution is 1.60. The molecule has 0 N–H and O–H groups in total. The first-order chi connectivity index (χ1) is 2.43. The van der Waals surface area contributed by atoms with Crippen LogP contribution in [-0.2, 0) is 0 Å². The minimum atomic E-state index is 1.18. The van der Waals surface area contributed by atoms with Gasteiger partial charge in [0.25, 0.3) is 0 Å². The van der Waals surface area contributed by atoms with Crippen LogP contribution in [-0.4, -0.2) is 0 Å². The van der Waals surface area contributed by atoms with Crippen LogP contribution in [0.1, 0.15) is 6.42 Å². The molecular formula is C5H6. The Morgan fingerprint density at radius 1 is 2.00 bits per heavy atom. The van der Waals surface area contributed by atoms with Gasteiger partial charge >= 0.3 is 0 Å². The molecule has 0 atom stereocenters. The summed E-state index contributed by atoms with van der Waals surface area (Å²) in [5.41, 5.74) is 1.39. The van der Waals surface area contributed by atoms with E-state index in [-0.39, 0.29) is 0 Å². The van der Waals surface area contributed by atoms with Crippen LogP contribution < -0.4 is 0 Å². The molecule has 1 rings (SSSR count). The van der Waals surface area contributed by atoms with E-state index in [2.05, 4.69) is 12.7 Å². The molecule has 0 heteroatoms. The van der Waals surface area contributed by atoms with Gasteiger partial charge in [0.15, 0.2) is 0 Å². The molecule has 0 aromatic heterocycles. The van der Waals surface area contributed by atoms with Crippen molar-refractivity contribution < 1.29 is 0 Å². The fourth-order valence-electron chi connectivity index (χ4n) is 0.226. The van der Waals surface area contributed by atoms with Crippen molar-refractivity contribution in [2.75, 3.05) is 0 Å². The zero-order valence-corrected chi connectivity index (χ0v) is 3.07. The SMILES string of the molecule is C=CC1=CC1. The fourth-order valence-corrected chi connectivity index (χ4v) is 0.226. The van der Waals surface area contributed by atoms with Gasteiger partial charge in [-0.3, -0.25) is 0 Å². The molecule has 1 aliphatic rings. The Morgan fingerprint density at radius 2 is 2.60 bits per heavy atom. The Balaban J connectivity index is 2.49. The van der Waals surface area contributed by atoms with Crippen LogP contribution in [0.3, 0.4) is 0 Å². The van der Waals surface area contributed by atoms with Crippen LogP contribution in [0.5, 0.6) is 0 Å². The Hall–Kier alpha value is -0.520. The highest BCUT2D eigenvalue weighted by Gasteiger charge is 1.97. The van der Waals surface area contributed by atoms with E-state index in [1.54, 1.807) is 0 Å². The second-order valence-corrected chi connectivity index (χ2v) is 1.19. The third kappa shape index (κ3) is 0.380. The highest BCUT2D eigenvalue weighted by molar-refractivity contribution is 5.31. The van der Waals surface area contributed by atoms with Gasteiger partial charge in [0.05, 0.1) is 0 Å². The lowest BCUT2D eigenvalue weighted by Gasteiger charge is -1.56. The third-order valence-corrected chi connectivity index (χ3v) is 0.702. The van der Waals surface area contributed by atoms with Crippen LogP contribution in [0.25, 0.3) is 0 Å². The summed E-state index contributed by atoms with van der Waals surface area (Å²) in [7, 11) is 0. The van der Waals surface area contributed by atoms with E-state index in [1.165, 1.54) is 12.0 Å². The summed E-state index contributed by atoms with van der Waals surface area (Å²) in [5, 5.41) is 0. The smallest absolute Gasteiger partial charge is 0.00948 e. The minimum absolute atomic E-state index is 1.18. The summed E-state index contributed by atoms with van der Waals surface area (Å²) in [6, 6.07) is 0. The van der Waals surface area contributed by atoms with Gasteiger partial charge in [-0.05, 0) is 12.0 Å². The van der Waals surface area contributed by atoms with Gasteiger partial charge in [0, 0.05) is 0 Å². The van der Waals surface area contributed by atoms with E-state index in [4.69, 9.17) is 0 Å². The largest absolute Gasteiger partial charge is 0.0988 e. The molecule has 0 aromatic rings. The van der Waals surface area contributed by atoms with E-state index < -0.39 is 0 Å². The number of allylic oxidation sites excluding steroid dienone is 3. The van der Waals surface area contributed by atoms with Crippen molar-refractivity contribution in [3.8, 4) is 0 Å². The van der Waals surface area contributed by atoms with E-state index >= 15 is 0 Å². The first kappa shape index (κ1) is 2.70. The standard InChI is InChI=1S/C5H6/c1-2-5-3-4-5/h2-3H,1,4H2. The average Bonchev–Trinajstić information content (AvgIpc) is 2.12. The molecule has 0 nitrogen and oxygen atoms in total. The van der Waals surface area contributed by atoms with E-state index in [9.17, 15) is 0 Å². The number of rotatable bonds is 1. The molecule has 0 fully saturated rings. The monoisotopic (exact) mass is 66.0 g/mol. The van der Waals surface area contributed by atoms with Crippen LogP contribution in [0.15, 0.2) is 24.3 Å². The lowest BCUT2D eigenvalue weighted by atomic mass is 10.5. The molecule has 0 radical (unpaired) electrons. The van der Waals surface area contributed by atoms with Crippen LogP contribution in [0.2, 0.25) is 0 Å². The number of hydrogen-bond donors (Lipinski definition) is 0. The molecule has 0 saturated carbocycles. The maximum atomic E-state index is 3.55. The quantitative estimate of drug-likeness (QED) is 0.435. The molecule has 0 spiro atoms. The zero-order chi connectivity index (χ0) is 3.70.